The van der Waals surface area contributed by atoms with Crippen LogP contribution in [0.2, 0.25) is 0 Å². The Hall–Kier alpha value is -1.89. The Balaban J connectivity index is 0.000000304. The summed E-state index contributed by atoms with van der Waals surface area (Å²) in [6.45, 7) is 2.60. The predicted octanol–water partition coefficient (Wildman–Crippen LogP) is 4.01. The largest absolute Gasteiger partial charge is 0.0623 e. The summed E-state index contributed by atoms with van der Waals surface area (Å²) < 4.78 is 10.8. The Bertz CT molecular complexity index is 500. The summed E-state index contributed by atoms with van der Waals surface area (Å²) in [5.74, 6) is -0.851. The van der Waals surface area contributed by atoms with E-state index < -0.39 is 32.6 Å². The SMILES string of the molecule is CC(=O)OI(OC(C)=O)c1ccccc1.c1ccccc1. The molecule has 4 nitrogen and oxygen atoms in total. The molecule has 0 N–H and O–H groups in total. The monoisotopic (exact) mass is 400 g/mol. The first-order valence-electron chi connectivity index (χ1n) is 6.22. The van der Waals surface area contributed by atoms with Gasteiger partial charge in [0.25, 0.3) is 0 Å². The second kappa shape index (κ2) is 9.93. The van der Waals surface area contributed by atoms with E-state index in [2.05, 4.69) is 0 Å². The predicted molar refractivity (Wildman–Crippen MR) is 89.1 cm³/mol. The molecule has 0 saturated carbocycles. The molecule has 0 unspecified atom stereocenters. The van der Waals surface area contributed by atoms with Crippen LogP contribution >= 0.6 is 20.6 Å². The minimum atomic E-state index is -2.59. The molecule has 0 saturated heterocycles. The van der Waals surface area contributed by atoms with E-state index in [1.54, 1.807) is 12.1 Å². The first-order valence-corrected chi connectivity index (χ1v) is 9.07. The van der Waals surface area contributed by atoms with Gasteiger partial charge in [-0.3, -0.25) is 0 Å². The molecule has 0 heterocycles. The maximum atomic E-state index is 10.8. The Labute approximate surface area is 132 Å². The molecule has 0 atom stereocenters. The standard InChI is InChI=1S/C10H11IO4.C6H6/c1-8(12)14-11(15-9(2)13)10-6-4-3-5-7-10;1-2-4-6-5-3-1/h3-7H,1-2H3;1-6H. The molecule has 0 bridgehead atoms. The summed E-state index contributed by atoms with van der Waals surface area (Å²) in [5, 5.41) is 0. The Kier molecular flexibility index (Phi) is 8.11. The van der Waals surface area contributed by atoms with Crippen molar-refractivity contribution in [3.8, 4) is 0 Å². The average molecular weight is 400 g/mol. The van der Waals surface area contributed by atoms with E-state index in [4.69, 9.17) is 6.13 Å². The van der Waals surface area contributed by atoms with Crippen molar-refractivity contribution >= 4 is 32.6 Å². The molecule has 5 heteroatoms. The molecule has 0 amide bonds. The molecule has 112 valence electrons. The fourth-order valence-corrected chi connectivity index (χ4v) is 3.93. The summed E-state index contributed by atoms with van der Waals surface area (Å²) in [6.07, 6.45) is 0. The zero-order chi connectivity index (χ0) is 15.5. The fourth-order valence-electron chi connectivity index (χ4n) is 1.20. The second-order valence-electron chi connectivity index (χ2n) is 3.81. The molecule has 0 aliphatic heterocycles. The smallest absolute Gasteiger partial charge is 0.0623 e. The van der Waals surface area contributed by atoms with Crippen molar-refractivity contribution in [1.29, 1.82) is 0 Å². The quantitative estimate of drug-likeness (QED) is 0.731. The summed E-state index contributed by atoms with van der Waals surface area (Å²) in [4.78, 5) is 21.7. The molecule has 0 fully saturated rings. The number of hydrogen-bond donors (Lipinski definition) is 0. The minimum absolute atomic E-state index is 0.426. The molecule has 2 aromatic rings. The number of benzene rings is 2. The van der Waals surface area contributed by atoms with E-state index >= 15 is 0 Å². The zero-order valence-electron chi connectivity index (χ0n) is 11.9. The average Bonchev–Trinajstić information content (AvgIpc) is 2.49. The van der Waals surface area contributed by atoms with Gasteiger partial charge in [0.15, 0.2) is 0 Å². The van der Waals surface area contributed by atoms with Crippen LogP contribution in [0.5, 0.6) is 0 Å². The fraction of sp³-hybridized carbons (Fsp3) is 0.125. The summed E-state index contributed by atoms with van der Waals surface area (Å²) in [7, 11) is 0. The maximum Gasteiger partial charge on any atom is -0.0623 e. The van der Waals surface area contributed by atoms with Crippen LogP contribution in [0.15, 0.2) is 66.7 Å². The van der Waals surface area contributed by atoms with E-state index in [1.807, 2.05) is 54.6 Å². The van der Waals surface area contributed by atoms with Crippen LogP contribution in [-0.2, 0) is 15.7 Å². The van der Waals surface area contributed by atoms with Gasteiger partial charge < -0.3 is 0 Å². The van der Waals surface area contributed by atoms with Crippen molar-refractivity contribution in [2.45, 2.75) is 13.8 Å². The van der Waals surface area contributed by atoms with Crippen LogP contribution in [-0.4, -0.2) is 11.9 Å². The van der Waals surface area contributed by atoms with Gasteiger partial charge in [-0.05, 0) is 0 Å². The first-order chi connectivity index (χ1) is 10.1. The van der Waals surface area contributed by atoms with Gasteiger partial charge in [-0.15, -0.1) is 0 Å². The molecule has 0 spiro atoms. The summed E-state index contributed by atoms with van der Waals surface area (Å²) in [6, 6.07) is 21.0. The molecule has 0 aliphatic rings. The van der Waals surface area contributed by atoms with Crippen LogP contribution in [0.3, 0.4) is 0 Å². The van der Waals surface area contributed by atoms with E-state index in [0.29, 0.717) is 0 Å². The normalized spacial score (nSPS) is 9.71. The molecule has 21 heavy (non-hydrogen) atoms. The molecular formula is C16H17IO4. The van der Waals surface area contributed by atoms with Gasteiger partial charge in [0.1, 0.15) is 0 Å². The maximum absolute atomic E-state index is 10.8. The molecule has 0 radical (unpaired) electrons. The van der Waals surface area contributed by atoms with E-state index in [0.717, 1.165) is 3.57 Å². The van der Waals surface area contributed by atoms with Crippen molar-refractivity contribution in [2.24, 2.45) is 0 Å². The van der Waals surface area contributed by atoms with Crippen molar-refractivity contribution in [2.75, 3.05) is 0 Å². The van der Waals surface area contributed by atoms with Gasteiger partial charge in [0.05, 0.1) is 0 Å². The molecular weight excluding hydrogens is 383 g/mol. The molecule has 0 aromatic heterocycles. The Morgan fingerprint density at radius 1 is 0.714 bits per heavy atom. The van der Waals surface area contributed by atoms with Crippen LogP contribution in [0, 0.1) is 3.57 Å². The first kappa shape index (κ1) is 17.2. The van der Waals surface area contributed by atoms with E-state index in [-0.39, 0.29) is 0 Å². The third-order valence-corrected chi connectivity index (χ3v) is 5.71. The van der Waals surface area contributed by atoms with Crippen molar-refractivity contribution in [3.05, 3.63) is 70.3 Å². The number of halogens is 1. The van der Waals surface area contributed by atoms with E-state index in [9.17, 15) is 9.59 Å². The molecule has 2 rings (SSSR count). The number of carbonyl (C=O) groups excluding carboxylic acids is 2. The Morgan fingerprint density at radius 2 is 1.05 bits per heavy atom. The molecule has 0 aliphatic carbocycles. The third-order valence-electron chi connectivity index (χ3n) is 1.94. The van der Waals surface area contributed by atoms with Crippen molar-refractivity contribution in [3.63, 3.8) is 0 Å². The van der Waals surface area contributed by atoms with E-state index in [1.165, 1.54) is 13.8 Å². The van der Waals surface area contributed by atoms with Crippen molar-refractivity contribution in [1.82, 2.24) is 0 Å². The van der Waals surface area contributed by atoms with Gasteiger partial charge in [-0.1, -0.05) is 36.4 Å². The van der Waals surface area contributed by atoms with Gasteiger partial charge >= 0.3 is 96.1 Å². The van der Waals surface area contributed by atoms with Gasteiger partial charge in [-0.2, -0.15) is 0 Å². The van der Waals surface area contributed by atoms with Crippen LogP contribution in [0.25, 0.3) is 0 Å². The molecule has 2 aromatic carbocycles. The summed E-state index contributed by atoms with van der Waals surface area (Å²) in [5.41, 5.74) is 0. The topological polar surface area (TPSA) is 52.6 Å². The summed E-state index contributed by atoms with van der Waals surface area (Å²) >= 11 is -2.59. The van der Waals surface area contributed by atoms with Gasteiger partial charge in [0, 0.05) is 0 Å². The van der Waals surface area contributed by atoms with Crippen LogP contribution in [0.1, 0.15) is 13.8 Å². The van der Waals surface area contributed by atoms with Crippen LogP contribution < -0.4 is 0 Å². The third kappa shape index (κ3) is 8.09. The van der Waals surface area contributed by atoms with Gasteiger partial charge in [-0.25, -0.2) is 0 Å². The zero-order valence-corrected chi connectivity index (χ0v) is 14.0. The minimum Gasteiger partial charge on any atom is -0.0623 e. The number of carbonyl (C=O) groups is 2. The van der Waals surface area contributed by atoms with Crippen molar-refractivity contribution < 1.29 is 15.7 Å². The Morgan fingerprint density at radius 3 is 1.38 bits per heavy atom. The number of rotatable bonds is 3. The van der Waals surface area contributed by atoms with Gasteiger partial charge in [0.2, 0.25) is 0 Å². The van der Waals surface area contributed by atoms with Crippen LogP contribution in [0.4, 0.5) is 0 Å². The second-order valence-corrected chi connectivity index (χ2v) is 7.17. The number of hydrogen-bond acceptors (Lipinski definition) is 4.